The minimum atomic E-state index is -0.612. The van der Waals surface area contributed by atoms with Gasteiger partial charge in [-0.25, -0.2) is 5.43 Å². The first-order valence-electron chi connectivity index (χ1n) is 6.40. The molecule has 2 rings (SSSR count). The highest BCUT2D eigenvalue weighted by molar-refractivity contribution is 5.88. The van der Waals surface area contributed by atoms with Crippen molar-refractivity contribution in [2.45, 2.75) is 19.4 Å². The molecule has 1 aromatic carbocycles. The number of benzene rings is 1. The zero-order valence-electron chi connectivity index (χ0n) is 11.5. The largest absolute Gasteiger partial charge is 0.361 e. The highest BCUT2D eigenvalue weighted by Gasteiger charge is 2.20. The van der Waals surface area contributed by atoms with Gasteiger partial charge in [0.1, 0.15) is 6.04 Å². The van der Waals surface area contributed by atoms with Crippen molar-refractivity contribution in [2.24, 2.45) is 0 Å². The van der Waals surface area contributed by atoms with Crippen molar-refractivity contribution in [2.75, 3.05) is 7.05 Å². The SMILES string of the molecule is CNNC(=O)[C@H](Cc1c[nH]c2ccccc12)NC(C)=O. The van der Waals surface area contributed by atoms with E-state index >= 15 is 0 Å². The Labute approximate surface area is 116 Å². The molecule has 20 heavy (non-hydrogen) atoms. The predicted octanol–water partition coefficient (Wildman–Crippen LogP) is 0.466. The molecule has 2 aromatic rings. The van der Waals surface area contributed by atoms with Gasteiger partial charge < -0.3 is 10.3 Å². The number of fused-ring (bicyclic) bond motifs is 1. The van der Waals surface area contributed by atoms with Crippen molar-refractivity contribution in [1.82, 2.24) is 21.2 Å². The number of rotatable bonds is 5. The lowest BCUT2D eigenvalue weighted by Gasteiger charge is -2.16. The van der Waals surface area contributed by atoms with Crippen LogP contribution in [0.4, 0.5) is 0 Å². The average Bonchev–Trinajstić information content (AvgIpc) is 2.81. The maximum atomic E-state index is 11.9. The Morgan fingerprint density at radius 2 is 2.05 bits per heavy atom. The van der Waals surface area contributed by atoms with Gasteiger partial charge in [0, 0.05) is 37.5 Å². The third-order valence-electron chi connectivity index (χ3n) is 3.04. The molecule has 6 nitrogen and oxygen atoms in total. The van der Waals surface area contributed by atoms with E-state index in [0.29, 0.717) is 6.42 Å². The van der Waals surface area contributed by atoms with Crippen LogP contribution in [0, 0.1) is 0 Å². The molecule has 1 atom stereocenters. The van der Waals surface area contributed by atoms with E-state index in [0.717, 1.165) is 16.5 Å². The quantitative estimate of drug-likeness (QED) is 0.598. The summed E-state index contributed by atoms with van der Waals surface area (Å²) in [6.07, 6.45) is 2.29. The monoisotopic (exact) mass is 274 g/mol. The molecule has 1 heterocycles. The lowest BCUT2D eigenvalue weighted by Crippen LogP contribution is -2.50. The molecule has 1 aromatic heterocycles. The van der Waals surface area contributed by atoms with E-state index in [-0.39, 0.29) is 11.8 Å². The molecule has 0 saturated heterocycles. The highest BCUT2D eigenvalue weighted by Crippen LogP contribution is 2.19. The molecule has 0 fully saturated rings. The lowest BCUT2D eigenvalue weighted by molar-refractivity contribution is -0.128. The molecule has 6 heteroatoms. The maximum absolute atomic E-state index is 11.9. The Balaban J connectivity index is 2.22. The van der Waals surface area contributed by atoms with Gasteiger partial charge >= 0.3 is 0 Å². The smallest absolute Gasteiger partial charge is 0.256 e. The lowest BCUT2D eigenvalue weighted by atomic mass is 10.0. The number of aromatic nitrogens is 1. The van der Waals surface area contributed by atoms with Gasteiger partial charge in [-0.2, -0.15) is 0 Å². The zero-order valence-corrected chi connectivity index (χ0v) is 11.5. The summed E-state index contributed by atoms with van der Waals surface area (Å²) < 4.78 is 0. The van der Waals surface area contributed by atoms with Crippen LogP contribution in [0.25, 0.3) is 10.9 Å². The van der Waals surface area contributed by atoms with Crippen LogP contribution in [-0.2, 0) is 16.0 Å². The molecule has 0 aliphatic rings. The summed E-state index contributed by atoms with van der Waals surface area (Å²) in [6, 6.07) is 7.24. The molecular formula is C14H18N4O2. The number of carbonyl (C=O) groups excluding carboxylic acids is 2. The van der Waals surface area contributed by atoms with Crippen molar-refractivity contribution >= 4 is 22.7 Å². The fourth-order valence-corrected chi connectivity index (χ4v) is 2.19. The van der Waals surface area contributed by atoms with Gasteiger partial charge in [0.25, 0.3) is 5.91 Å². The second-order valence-electron chi connectivity index (χ2n) is 4.56. The molecule has 4 N–H and O–H groups in total. The summed E-state index contributed by atoms with van der Waals surface area (Å²) in [5.41, 5.74) is 7.08. The van der Waals surface area contributed by atoms with Gasteiger partial charge in [-0.15, -0.1) is 0 Å². The highest BCUT2D eigenvalue weighted by atomic mass is 16.2. The number of hydrogen-bond donors (Lipinski definition) is 4. The first-order valence-corrected chi connectivity index (χ1v) is 6.40. The number of hydrazine groups is 1. The van der Waals surface area contributed by atoms with Crippen LogP contribution in [0.3, 0.4) is 0 Å². The van der Waals surface area contributed by atoms with Crippen molar-refractivity contribution in [3.8, 4) is 0 Å². The number of para-hydroxylation sites is 1. The summed E-state index contributed by atoms with van der Waals surface area (Å²) in [4.78, 5) is 26.3. The molecule has 0 spiro atoms. The third-order valence-corrected chi connectivity index (χ3v) is 3.04. The molecule has 2 amide bonds. The van der Waals surface area contributed by atoms with Crippen LogP contribution < -0.4 is 16.2 Å². The van der Waals surface area contributed by atoms with Gasteiger partial charge in [-0.1, -0.05) is 18.2 Å². The summed E-state index contributed by atoms with van der Waals surface area (Å²) >= 11 is 0. The van der Waals surface area contributed by atoms with Crippen LogP contribution >= 0.6 is 0 Å². The number of amides is 2. The summed E-state index contributed by atoms with van der Waals surface area (Å²) in [6.45, 7) is 1.40. The van der Waals surface area contributed by atoms with Gasteiger partial charge in [-0.05, 0) is 11.6 Å². The molecule has 0 aliphatic heterocycles. The van der Waals surface area contributed by atoms with Crippen molar-refractivity contribution in [3.63, 3.8) is 0 Å². The number of carbonyl (C=O) groups is 2. The van der Waals surface area contributed by atoms with E-state index in [9.17, 15) is 9.59 Å². The minimum absolute atomic E-state index is 0.235. The normalized spacial score (nSPS) is 12.1. The zero-order chi connectivity index (χ0) is 14.5. The van der Waals surface area contributed by atoms with Crippen LogP contribution in [0.2, 0.25) is 0 Å². The fourth-order valence-electron chi connectivity index (χ4n) is 2.19. The first-order chi connectivity index (χ1) is 9.61. The Kier molecular flexibility index (Phi) is 4.37. The van der Waals surface area contributed by atoms with E-state index in [1.807, 2.05) is 30.5 Å². The van der Waals surface area contributed by atoms with Crippen molar-refractivity contribution in [3.05, 3.63) is 36.0 Å². The second-order valence-corrected chi connectivity index (χ2v) is 4.56. The van der Waals surface area contributed by atoms with Gasteiger partial charge in [0.2, 0.25) is 5.91 Å². The molecule has 0 bridgehead atoms. The average molecular weight is 274 g/mol. The van der Waals surface area contributed by atoms with E-state index in [2.05, 4.69) is 21.2 Å². The Morgan fingerprint density at radius 1 is 1.30 bits per heavy atom. The van der Waals surface area contributed by atoms with E-state index in [4.69, 9.17) is 0 Å². The Bertz CT molecular complexity index is 620. The summed E-state index contributed by atoms with van der Waals surface area (Å²) in [5, 5.41) is 3.72. The molecular weight excluding hydrogens is 256 g/mol. The van der Waals surface area contributed by atoms with E-state index in [1.165, 1.54) is 6.92 Å². The van der Waals surface area contributed by atoms with Crippen molar-refractivity contribution in [1.29, 1.82) is 0 Å². The Morgan fingerprint density at radius 3 is 2.75 bits per heavy atom. The number of hydrogen-bond acceptors (Lipinski definition) is 3. The molecule has 0 saturated carbocycles. The number of H-pyrrole nitrogens is 1. The van der Waals surface area contributed by atoms with Crippen LogP contribution in [-0.4, -0.2) is 29.9 Å². The van der Waals surface area contributed by atoms with Crippen molar-refractivity contribution < 1.29 is 9.59 Å². The van der Waals surface area contributed by atoms with E-state index in [1.54, 1.807) is 7.05 Å². The minimum Gasteiger partial charge on any atom is -0.361 e. The maximum Gasteiger partial charge on any atom is 0.256 e. The molecule has 106 valence electrons. The summed E-state index contributed by atoms with van der Waals surface area (Å²) in [7, 11) is 1.61. The molecule has 0 radical (unpaired) electrons. The molecule has 0 unspecified atom stereocenters. The third kappa shape index (κ3) is 3.16. The van der Waals surface area contributed by atoms with Crippen LogP contribution in [0.1, 0.15) is 12.5 Å². The van der Waals surface area contributed by atoms with E-state index < -0.39 is 6.04 Å². The second kappa shape index (κ2) is 6.21. The number of aromatic amines is 1. The van der Waals surface area contributed by atoms with Gasteiger partial charge in [0.15, 0.2) is 0 Å². The number of nitrogens with one attached hydrogen (secondary N) is 4. The van der Waals surface area contributed by atoms with Crippen LogP contribution in [0.5, 0.6) is 0 Å². The van der Waals surface area contributed by atoms with Gasteiger partial charge in [0.05, 0.1) is 0 Å². The van der Waals surface area contributed by atoms with Gasteiger partial charge in [-0.3, -0.25) is 15.0 Å². The molecule has 0 aliphatic carbocycles. The standard InChI is InChI=1S/C14H18N4O2/c1-9(19)17-13(14(20)18-15-2)7-10-8-16-12-6-4-3-5-11(10)12/h3-6,8,13,15-16H,7H2,1-2H3,(H,17,19)(H,18,20)/t13-/m0/s1. The van der Waals surface area contributed by atoms with Crippen LogP contribution in [0.15, 0.2) is 30.5 Å². The fraction of sp³-hybridized carbons (Fsp3) is 0.286. The topological polar surface area (TPSA) is 86.0 Å². The first kappa shape index (κ1) is 14.1. The Hall–Kier alpha value is -2.34. The summed E-state index contributed by atoms with van der Waals surface area (Å²) in [5.74, 6) is -0.505. The predicted molar refractivity (Wildman–Crippen MR) is 76.8 cm³/mol.